The van der Waals surface area contributed by atoms with Crippen molar-refractivity contribution in [3.63, 3.8) is 0 Å². The number of halogens is 4. The van der Waals surface area contributed by atoms with E-state index in [2.05, 4.69) is 9.84 Å². The molecule has 1 heterocycles. The second-order valence-electron chi connectivity index (χ2n) is 3.76. The van der Waals surface area contributed by atoms with Gasteiger partial charge in [-0.2, -0.15) is 19.1 Å². The van der Waals surface area contributed by atoms with Gasteiger partial charge >= 0.3 is 6.61 Å². The summed E-state index contributed by atoms with van der Waals surface area (Å²) in [5.74, 6) is -1.11. The number of aryl methyl sites for hydroxylation is 1. The standard InChI is InChI=1S/C12H7ClF3N3O/c1-6-11(20-12(15)16)10(5-17)19(18-6)9-3-2-7(13)4-8(9)14/h2-4,12H,1H3. The van der Waals surface area contributed by atoms with Crippen LogP contribution in [0, 0.1) is 24.1 Å². The van der Waals surface area contributed by atoms with E-state index >= 15 is 0 Å². The number of alkyl halides is 2. The van der Waals surface area contributed by atoms with Crippen LogP contribution in [-0.4, -0.2) is 16.4 Å². The normalized spacial score (nSPS) is 10.7. The third kappa shape index (κ3) is 2.56. The SMILES string of the molecule is Cc1nn(-c2ccc(Cl)cc2F)c(C#N)c1OC(F)F. The molecular weight excluding hydrogens is 295 g/mol. The zero-order chi connectivity index (χ0) is 14.9. The molecule has 2 aromatic rings. The van der Waals surface area contributed by atoms with Crippen LogP contribution in [0.5, 0.6) is 5.75 Å². The van der Waals surface area contributed by atoms with Gasteiger partial charge < -0.3 is 4.74 Å². The Hall–Kier alpha value is -2.20. The summed E-state index contributed by atoms with van der Waals surface area (Å²) in [6, 6.07) is 5.39. The van der Waals surface area contributed by atoms with E-state index < -0.39 is 12.4 Å². The Morgan fingerprint density at radius 3 is 2.70 bits per heavy atom. The van der Waals surface area contributed by atoms with Crippen LogP contribution in [-0.2, 0) is 0 Å². The van der Waals surface area contributed by atoms with E-state index in [0.29, 0.717) is 0 Å². The van der Waals surface area contributed by atoms with Crippen molar-refractivity contribution in [2.75, 3.05) is 0 Å². The lowest BCUT2D eigenvalue weighted by molar-refractivity contribution is -0.0505. The lowest BCUT2D eigenvalue weighted by Crippen LogP contribution is -2.05. The van der Waals surface area contributed by atoms with Crippen molar-refractivity contribution >= 4 is 11.6 Å². The fraction of sp³-hybridized carbons (Fsp3) is 0.167. The number of aromatic nitrogens is 2. The first-order valence-electron chi connectivity index (χ1n) is 5.34. The molecular formula is C12H7ClF3N3O. The van der Waals surface area contributed by atoms with Crippen molar-refractivity contribution in [2.45, 2.75) is 13.5 Å². The number of rotatable bonds is 3. The van der Waals surface area contributed by atoms with Gasteiger partial charge in [0.15, 0.2) is 11.4 Å². The molecule has 0 aliphatic carbocycles. The zero-order valence-corrected chi connectivity index (χ0v) is 10.8. The van der Waals surface area contributed by atoms with Crippen LogP contribution < -0.4 is 4.74 Å². The van der Waals surface area contributed by atoms with Crippen LogP contribution in [0.15, 0.2) is 18.2 Å². The summed E-state index contributed by atoms with van der Waals surface area (Å²) in [6.07, 6.45) is 0. The highest BCUT2D eigenvalue weighted by Gasteiger charge is 2.22. The van der Waals surface area contributed by atoms with Crippen LogP contribution >= 0.6 is 11.6 Å². The van der Waals surface area contributed by atoms with E-state index in [1.807, 2.05) is 0 Å². The maximum Gasteiger partial charge on any atom is 0.387 e. The summed E-state index contributed by atoms with van der Waals surface area (Å²) in [6.45, 7) is -1.73. The first-order chi connectivity index (χ1) is 9.43. The van der Waals surface area contributed by atoms with E-state index in [-0.39, 0.29) is 27.8 Å². The Balaban J connectivity index is 2.61. The third-order valence-corrected chi connectivity index (χ3v) is 2.69. The smallest absolute Gasteiger partial charge is 0.387 e. The number of ether oxygens (including phenoxy) is 1. The molecule has 1 aromatic carbocycles. The molecule has 0 saturated carbocycles. The molecule has 1 aromatic heterocycles. The minimum atomic E-state index is -3.10. The highest BCUT2D eigenvalue weighted by atomic mass is 35.5. The molecule has 0 bridgehead atoms. The second kappa shape index (κ2) is 5.43. The van der Waals surface area contributed by atoms with Crippen molar-refractivity contribution in [1.29, 1.82) is 5.26 Å². The molecule has 0 amide bonds. The first kappa shape index (κ1) is 14.2. The monoisotopic (exact) mass is 301 g/mol. The predicted octanol–water partition coefficient (Wildman–Crippen LogP) is 3.45. The third-order valence-electron chi connectivity index (χ3n) is 2.46. The molecule has 0 unspecified atom stereocenters. The molecule has 20 heavy (non-hydrogen) atoms. The van der Waals surface area contributed by atoms with E-state index in [1.54, 1.807) is 6.07 Å². The molecule has 2 rings (SSSR count). The molecule has 0 aliphatic heterocycles. The Morgan fingerprint density at radius 1 is 1.45 bits per heavy atom. The Labute approximate surface area is 116 Å². The van der Waals surface area contributed by atoms with E-state index in [1.165, 1.54) is 19.1 Å². The zero-order valence-electron chi connectivity index (χ0n) is 10.1. The van der Waals surface area contributed by atoms with Crippen LogP contribution in [0.2, 0.25) is 5.02 Å². The summed E-state index contributed by atoms with van der Waals surface area (Å²) in [4.78, 5) is 0. The van der Waals surface area contributed by atoms with Gasteiger partial charge in [0.1, 0.15) is 23.3 Å². The Morgan fingerprint density at radius 2 is 2.15 bits per heavy atom. The van der Waals surface area contributed by atoms with E-state index in [4.69, 9.17) is 16.9 Å². The molecule has 0 saturated heterocycles. The molecule has 0 fully saturated rings. The van der Waals surface area contributed by atoms with Crippen LogP contribution in [0.1, 0.15) is 11.4 Å². The molecule has 0 radical (unpaired) electrons. The summed E-state index contributed by atoms with van der Waals surface area (Å²) in [5.41, 5.74) is -0.349. The molecule has 0 aliphatic rings. The molecule has 0 atom stereocenters. The fourth-order valence-corrected chi connectivity index (χ4v) is 1.83. The fourth-order valence-electron chi connectivity index (χ4n) is 1.67. The van der Waals surface area contributed by atoms with Gasteiger partial charge in [0.2, 0.25) is 0 Å². The molecule has 0 spiro atoms. The topological polar surface area (TPSA) is 50.8 Å². The Kier molecular flexibility index (Phi) is 3.86. The lowest BCUT2D eigenvalue weighted by Gasteiger charge is -2.06. The van der Waals surface area contributed by atoms with Crippen molar-refractivity contribution < 1.29 is 17.9 Å². The van der Waals surface area contributed by atoms with Gasteiger partial charge in [-0.25, -0.2) is 9.07 Å². The van der Waals surface area contributed by atoms with Crippen molar-refractivity contribution in [3.05, 3.63) is 40.4 Å². The summed E-state index contributed by atoms with van der Waals surface area (Å²) < 4.78 is 43.6. The van der Waals surface area contributed by atoms with Gasteiger partial charge in [0.25, 0.3) is 0 Å². The molecule has 4 nitrogen and oxygen atoms in total. The summed E-state index contributed by atoms with van der Waals surface area (Å²) in [7, 11) is 0. The molecule has 0 N–H and O–H groups in total. The van der Waals surface area contributed by atoms with Crippen molar-refractivity contribution in [2.24, 2.45) is 0 Å². The first-order valence-corrected chi connectivity index (χ1v) is 5.71. The van der Waals surface area contributed by atoms with E-state index in [9.17, 15) is 13.2 Å². The lowest BCUT2D eigenvalue weighted by atomic mass is 10.3. The van der Waals surface area contributed by atoms with Crippen LogP contribution in [0.4, 0.5) is 13.2 Å². The average Bonchev–Trinajstić information content (AvgIpc) is 2.65. The number of nitrogens with zero attached hydrogens (tertiary/aromatic N) is 3. The van der Waals surface area contributed by atoms with Gasteiger partial charge in [-0.15, -0.1) is 0 Å². The van der Waals surface area contributed by atoms with E-state index in [0.717, 1.165) is 10.7 Å². The maximum absolute atomic E-state index is 13.8. The Bertz CT molecular complexity index is 694. The number of benzene rings is 1. The second-order valence-corrected chi connectivity index (χ2v) is 4.20. The maximum atomic E-state index is 13.8. The average molecular weight is 302 g/mol. The van der Waals surface area contributed by atoms with Gasteiger partial charge in [-0.05, 0) is 25.1 Å². The minimum Gasteiger partial charge on any atom is -0.430 e. The van der Waals surface area contributed by atoms with Gasteiger partial charge in [0.05, 0.1) is 0 Å². The largest absolute Gasteiger partial charge is 0.430 e. The number of nitriles is 1. The van der Waals surface area contributed by atoms with Crippen molar-refractivity contribution in [1.82, 2.24) is 9.78 Å². The summed E-state index contributed by atoms with van der Waals surface area (Å²) in [5, 5.41) is 13.1. The van der Waals surface area contributed by atoms with Gasteiger partial charge in [-0.1, -0.05) is 11.6 Å². The van der Waals surface area contributed by atoms with Gasteiger partial charge in [-0.3, -0.25) is 0 Å². The van der Waals surface area contributed by atoms with Crippen LogP contribution in [0.3, 0.4) is 0 Å². The number of hydrogen-bond donors (Lipinski definition) is 0. The van der Waals surface area contributed by atoms with Gasteiger partial charge in [0, 0.05) is 5.02 Å². The quantitative estimate of drug-likeness (QED) is 0.872. The molecule has 8 heteroatoms. The number of hydrogen-bond acceptors (Lipinski definition) is 3. The molecule has 104 valence electrons. The summed E-state index contributed by atoms with van der Waals surface area (Å²) >= 11 is 5.62. The highest BCUT2D eigenvalue weighted by molar-refractivity contribution is 6.30. The minimum absolute atomic E-state index is 0.0520. The van der Waals surface area contributed by atoms with Crippen molar-refractivity contribution in [3.8, 4) is 17.5 Å². The highest BCUT2D eigenvalue weighted by Crippen LogP contribution is 2.28. The van der Waals surface area contributed by atoms with Crippen LogP contribution in [0.25, 0.3) is 5.69 Å². The predicted molar refractivity (Wildman–Crippen MR) is 64.6 cm³/mol.